The van der Waals surface area contributed by atoms with Crippen molar-refractivity contribution in [3.63, 3.8) is 0 Å². The molecule has 1 aromatic heterocycles. The van der Waals surface area contributed by atoms with Gasteiger partial charge in [-0.2, -0.15) is 0 Å². The van der Waals surface area contributed by atoms with Gasteiger partial charge in [0.1, 0.15) is 5.75 Å². The maximum atomic E-state index is 10.8. The standard InChI is InChI=1S/C10H10N2O3/c1-6-3-4-7(5-8(6)14-2)9-11-10(13)15-12-9/h3-5H,1-2H3,(H,11,12,13). The van der Waals surface area contributed by atoms with Crippen LogP contribution < -0.4 is 10.5 Å². The van der Waals surface area contributed by atoms with Gasteiger partial charge in [-0.3, -0.25) is 9.51 Å². The van der Waals surface area contributed by atoms with Crippen LogP contribution in [0.15, 0.2) is 27.5 Å². The van der Waals surface area contributed by atoms with Crippen molar-refractivity contribution in [2.24, 2.45) is 0 Å². The first-order chi connectivity index (χ1) is 7.20. The molecule has 1 heterocycles. The van der Waals surface area contributed by atoms with Crippen molar-refractivity contribution in [2.45, 2.75) is 6.92 Å². The predicted octanol–water partition coefficient (Wildman–Crippen LogP) is 1.35. The van der Waals surface area contributed by atoms with E-state index in [1.807, 2.05) is 19.1 Å². The minimum absolute atomic E-state index is 0.401. The van der Waals surface area contributed by atoms with Crippen LogP contribution in [0, 0.1) is 6.92 Å². The molecule has 2 aromatic rings. The van der Waals surface area contributed by atoms with Crippen LogP contribution in [0.2, 0.25) is 0 Å². The fourth-order valence-electron chi connectivity index (χ4n) is 1.32. The Balaban J connectivity index is 2.50. The number of nitrogens with one attached hydrogen (secondary N) is 1. The molecular weight excluding hydrogens is 196 g/mol. The number of ether oxygens (including phenoxy) is 1. The lowest BCUT2D eigenvalue weighted by atomic mass is 10.1. The second kappa shape index (κ2) is 3.61. The summed E-state index contributed by atoms with van der Waals surface area (Å²) in [7, 11) is 1.59. The van der Waals surface area contributed by atoms with Crippen molar-refractivity contribution < 1.29 is 9.26 Å². The first-order valence-corrected chi connectivity index (χ1v) is 4.41. The summed E-state index contributed by atoms with van der Waals surface area (Å²) in [6.07, 6.45) is 0. The van der Waals surface area contributed by atoms with E-state index in [0.29, 0.717) is 5.82 Å². The number of aromatic amines is 1. The molecule has 1 N–H and O–H groups in total. The van der Waals surface area contributed by atoms with Gasteiger partial charge in [-0.15, -0.1) is 0 Å². The van der Waals surface area contributed by atoms with Gasteiger partial charge in [0.2, 0.25) is 0 Å². The Kier molecular flexibility index (Phi) is 2.29. The molecule has 0 aliphatic heterocycles. The predicted molar refractivity (Wildman–Crippen MR) is 53.8 cm³/mol. The molecular formula is C10H10N2O3. The molecule has 0 saturated carbocycles. The Bertz CT molecular complexity index is 527. The van der Waals surface area contributed by atoms with Gasteiger partial charge in [-0.1, -0.05) is 17.3 Å². The van der Waals surface area contributed by atoms with Gasteiger partial charge in [-0.05, 0) is 18.6 Å². The average molecular weight is 206 g/mol. The third kappa shape index (κ3) is 1.76. The lowest BCUT2D eigenvalue weighted by molar-refractivity contribution is 0.387. The highest BCUT2D eigenvalue weighted by atomic mass is 16.5. The summed E-state index contributed by atoms with van der Waals surface area (Å²) >= 11 is 0. The molecule has 1 aromatic carbocycles. The number of hydrogen-bond acceptors (Lipinski definition) is 4. The molecule has 78 valence electrons. The highest BCUT2D eigenvalue weighted by molar-refractivity contribution is 5.58. The summed E-state index contributed by atoms with van der Waals surface area (Å²) < 4.78 is 9.58. The fraction of sp³-hybridized carbons (Fsp3) is 0.200. The van der Waals surface area contributed by atoms with Crippen LogP contribution in [0.4, 0.5) is 0 Å². The van der Waals surface area contributed by atoms with E-state index in [4.69, 9.17) is 4.74 Å². The zero-order valence-corrected chi connectivity index (χ0v) is 8.40. The molecule has 0 saturated heterocycles. The van der Waals surface area contributed by atoms with Crippen molar-refractivity contribution in [1.29, 1.82) is 0 Å². The zero-order valence-electron chi connectivity index (χ0n) is 8.40. The van der Waals surface area contributed by atoms with Crippen molar-refractivity contribution in [2.75, 3.05) is 7.11 Å². The topological polar surface area (TPSA) is 68.1 Å². The number of rotatable bonds is 2. The van der Waals surface area contributed by atoms with E-state index in [9.17, 15) is 4.79 Å². The van der Waals surface area contributed by atoms with Crippen LogP contribution in [0.5, 0.6) is 5.75 Å². The summed E-state index contributed by atoms with van der Waals surface area (Å²) in [4.78, 5) is 13.2. The summed E-state index contributed by atoms with van der Waals surface area (Å²) in [6.45, 7) is 1.94. The zero-order chi connectivity index (χ0) is 10.8. The summed E-state index contributed by atoms with van der Waals surface area (Å²) in [5.74, 6) is 0.583. The van der Waals surface area contributed by atoms with E-state index in [0.717, 1.165) is 16.9 Å². The Morgan fingerprint density at radius 3 is 2.87 bits per heavy atom. The molecule has 2 rings (SSSR count). The number of benzene rings is 1. The first kappa shape index (κ1) is 9.51. The molecule has 0 spiro atoms. The second-order valence-electron chi connectivity index (χ2n) is 3.13. The molecule has 5 nitrogen and oxygen atoms in total. The van der Waals surface area contributed by atoms with E-state index >= 15 is 0 Å². The summed E-state index contributed by atoms with van der Waals surface area (Å²) in [6, 6.07) is 5.52. The minimum atomic E-state index is -0.565. The van der Waals surface area contributed by atoms with E-state index < -0.39 is 5.76 Å². The number of hydrogen-bond donors (Lipinski definition) is 1. The molecule has 0 fully saturated rings. The molecule has 0 amide bonds. The second-order valence-corrected chi connectivity index (χ2v) is 3.13. The van der Waals surface area contributed by atoms with Gasteiger partial charge in [-0.25, -0.2) is 4.79 Å². The third-order valence-electron chi connectivity index (χ3n) is 2.12. The van der Waals surface area contributed by atoms with Crippen LogP contribution in [0.1, 0.15) is 5.56 Å². The fourth-order valence-corrected chi connectivity index (χ4v) is 1.32. The number of methoxy groups -OCH3 is 1. The Morgan fingerprint density at radius 2 is 2.27 bits per heavy atom. The van der Waals surface area contributed by atoms with Crippen LogP contribution in [0.3, 0.4) is 0 Å². The molecule has 15 heavy (non-hydrogen) atoms. The SMILES string of the molecule is COc1cc(-c2noc(=O)[nH]2)ccc1C. The molecule has 0 aliphatic rings. The van der Waals surface area contributed by atoms with Gasteiger partial charge in [0.25, 0.3) is 0 Å². The lowest BCUT2D eigenvalue weighted by Gasteiger charge is -2.04. The van der Waals surface area contributed by atoms with Crippen molar-refractivity contribution >= 4 is 0 Å². The normalized spacial score (nSPS) is 10.3. The highest BCUT2D eigenvalue weighted by Crippen LogP contribution is 2.23. The Morgan fingerprint density at radius 1 is 1.47 bits per heavy atom. The Labute approximate surface area is 85.7 Å². The van der Waals surface area contributed by atoms with E-state index in [1.165, 1.54) is 0 Å². The van der Waals surface area contributed by atoms with Crippen LogP contribution in [-0.4, -0.2) is 17.3 Å². The summed E-state index contributed by atoms with van der Waals surface area (Å²) in [5, 5.41) is 3.59. The van der Waals surface area contributed by atoms with Gasteiger partial charge >= 0.3 is 5.76 Å². The quantitative estimate of drug-likeness (QED) is 0.805. The van der Waals surface area contributed by atoms with Gasteiger partial charge in [0, 0.05) is 5.56 Å². The lowest BCUT2D eigenvalue weighted by Crippen LogP contribution is -1.95. The van der Waals surface area contributed by atoms with Crippen LogP contribution >= 0.6 is 0 Å². The van der Waals surface area contributed by atoms with Gasteiger partial charge < -0.3 is 4.74 Å². The van der Waals surface area contributed by atoms with Crippen molar-refractivity contribution in [1.82, 2.24) is 10.1 Å². The average Bonchev–Trinajstić information content (AvgIpc) is 2.66. The minimum Gasteiger partial charge on any atom is -0.496 e. The smallest absolute Gasteiger partial charge is 0.439 e. The summed E-state index contributed by atoms with van der Waals surface area (Å²) in [5.41, 5.74) is 1.77. The van der Waals surface area contributed by atoms with Crippen molar-refractivity contribution in [3.05, 3.63) is 34.3 Å². The molecule has 0 unspecified atom stereocenters. The number of aryl methyl sites for hydroxylation is 1. The molecule has 5 heteroatoms. The molecule has 0 radical (unpaired) electrons. The molecule has 0 bridgehead atoms. The number of H-pyrrole nitrogens is 1. The highest BCUT2D eigenvalue weighted by Gasteiger charge is 2.06. The van der Waals surface area contributed by atoms with Gasteiger partial charge in [0.05, 0.1) is 7.11 Å². The molecule has 0 aliphatic carbocycles. The van der Waals surface area contributed by atoms with Crippen molar-refractivity contribution in [3.8, 4) is 17.1 Å². The number of aromatic nitrogens is 2. The van der Waals surface area contributed by atoms with Crippen LogP contribution in [0.25, 0.3) is 11.4 Å². The first-order valence-electron chi connectivity index (χ1n) is 4.41. The van der Waals surface area contributed by atoms with Gasteiger partial charge in [0.15, 0.2) is 5.82 Å². The Hall–Kier alpha value is -2.04. The third-order valence-corrected chi connectivity index (χ3v) is 2.12. The maximum absolute atomic E-state index is 10.8. The van der Waals surface area contributed by atoms with Crippen LogP contribution in [-0.2, 0) is 0 Å². The largest absolute Gasteiger partial charge is 0.496 e. The van der Waals surface area contributed by atoms with E-state index in [-0.39, 0.29) is 0 Å². The monoisotopic (exact) mass is 206 g/mol. The van der Waals surface area contributed by atoms with E-state index in [2.05, 4.69) is 14.7 Å². The maximum Gasteiger partial charge on any atom is 0.439 e. The van der Waals surface area contributed by atoms with E-state index in [1.54, 1.807) is 13.2 Å². The molecule has 0 atom stereocenters. The number of nitrogens with zero attached hydrogens (tertiary/aromatic N) is 1.